The molecule has 0 aromatic rings. The summed E-state index contributed by atoms with van der Waals surface area (Å²) in [6.07, 6.45) is 1.90. The highest BCUT2D eigenvalue weighted by Gasteiger charge is 2.25. The van der Waals surface area contributed by atoms with Gasteiger partial charge in [-0.15, -0.1) is 0 Å². The summed E-state index contributed by atoms with van der Waals surface area (Å²) in [5.74, 6) is 0.445. The maximum atomic E-state index is 10.9. The Morgan fingerprint density at radius 1 is 1.56 bits per heavy atom. The zero-order chi connectivity index (χ0) is 12.3. The smallest absolute Gasteiger partial charge is 0.236 e. The summed E-state index contributed by atoms with van der Waals surface area (Å²) in [5, 5.41) is 0. The molecule has 1 rings (SSSR count). The summed E-state index contributed by atoms with van der Waals surface area (Å²) in [6.45, 7) is 10.3. The van der Waals surface area contributed by atoms with E-state index in [9.17, 15) is 8.42 Å². The molecule has 16 heavy (non-hydrogen) atoms. The van der Waals surface area contributed by atoms with E-state index in [1.807, 2.05) is 0 Å². The van der Waals surface area contributed by atoms with Gasteiger partial charge in [-0.2, -0.15) is 0 Å². The van der Waals surface area contributed by atoms with E-state index >= 15 is 0 Å². The van der Waals surface area contributed by atoms with E-state index in [-0.39, 0.29) is 5.75 Å². The van der Waals surface area contributed by atoms with Crippen LogP contribution in [0, 0.1) is 5.92 Å². The van der Waals surface area contributed by atoms with Crippen molar-refractivity contribution in [1.82, 2.24) is 4.90 Å². The van der Waals surface area contributed by atoms with Crippen LogP contribution in [0.2, 0.25) is 0 Å². The van der Waals surface area contributed by atoms with Crippen molar-refractivity contribution < 1.29 is 8.42 Å². The van der Waals surface area contributed by atoms with Crippen molar-refractivity contribution >= 4 is 19.7 Å². The lowest BCUT2D eigenvalue weighted by atomic mass is 10.0. The first-order valence-corrected chi connectivity index (χ1v) is 8.09. The van der Waals surface area contributed by atoms with Gasteiger partial charge in [0, 0.05) is 23.3 Å². The normalized spacial score (nSPS) is 22.9. The van der Waals surface area contributed by atoms with E-state index in [1.165, 1.54) is 0 Å². The van der Waals surface area contributed by atoms with Crippen LogP contribution in [0.25, 0.3) is 0 Å². The first-order chi connectivity index (χ1) is 7.28. The van der Waals surface area contributed by atoms with Gasteiger partial charge >= 0.3 is 0 Å². The highest BCUT2D eigenvalue weighted by Crippen LogP contribution is 2.24. The Kier molecular flexibility index (Phi) is 4.83. The largest absolute Gasteiger partial charge is 0.301 e. The Morgan fingerprint density at radius 2 is 2.19 bits per heavy atom. The Labute approximate surface area is 103 Å². The van der Waals surface area contributed by atoms with Crippen molar-refractivity contribution in [1.29, 1.82) is 0 Å². The molecule has 1 unspecified atom stereocenters. The van der Waals surface area contributed by atoms with Crippen LogP contribution in [0.5, 0.6) is 0 Å². The van der Waals surface area contributed by atoms with Gasteiger partial charge in [0.25, 0.3) is 0 Å². The fraction of sp³-hybridized carbons (Fsp3) is 0.818. The second kappa shape index (κ2) is 5.52. The molecule has 0 aromatic carbocycles. The molecule has 94 valence electrons. The zero-order valence-electron chi connectivity index (χ0n) is 9.95. The molecule has 1 aliphatic rings. The summed E-state index contributed by atoms with van der Waals surface area (Å²) >= 11 is 0. The molecular weight excluding hydrogens is 246 g/mol. The van der Waals surface area contributed by atoms with Gasteiger partial charge in [0.2, 0.25) is 9.05 Å². The number of likely N-dealkylation sites (tertiary alicyclic amines) is 1. The summed E-state index contributed by atoms with van der Waals surface area (Å²) in [4.78, 5) is 2.41. The number of nitrogens with zero attached hydrogens (tertiary/aromatic N) is 1. The summed E-state index contributed by atoms with van der Waals surface area (Å²) in [5.41, 5.74) is 0.727. The van der Waals surface area contributed by atoms with Crippen molar-refractivity contribution in [3.05, 3.63) is 12.2 Å². The number of hydrogen-bond donors (Lipinski definition) is 0. The van der Waals surface area contributed by atoms with Gasteiger partial charge < -0.3 is 4.90 Å². The van der Waals surface area contributed by atoms with E-state index in [2.05, 4.69) is 25.3 Å². The number of hydrogen-bond acceptors (Lipinski definition) is 3. The molecule has 0 spiro atoms. The Balaban J connectivity index is 2.37. The quantitative estimate of drug-likeness (QED) is 0.565. The minimum Gasteiger partial charge on any atom is -0.301 e. The molecule has 3 nitrogen and oxygen atoms in total. The highest BCUT2D eigenvalue weighted by molar-refractivity contribution is 8.13. The molecule has 1 heterocycles. The third kappa shape index (κ3) is 4.85. The fourth-order valence-corrected chi connectivity index (χ4v) is 3.28. The van der Waals surface area contributed by atoms with E-state index in [0.717, 1.165) is 31.5 Å². The molecular formula is C11H20ClNO2S. The van der Waals surface area contributed by atoms with Gasteiger partial charge in [-0.1, -0.05) is 12.2 Å². The highest BCUT2D eigenvalue weighted by atomic mass is 35.7. The molecule has 1 saturated heterocycles. The van der Waals surface area contributed by atoms with Gasteiger partial charge in [-0.05, 0) is 39.2 Å². The van der Waals surface area contributed by atoms with Crippen LogP contribution in [0.1, 0.15) is 26.7 Å². The van der Waals surface area contributed by atoms with Crippen LogP contribution in [0.3, 0.4) is 0 Å². The van der Waals surface area contributed by atoms with E-state index in [0.29, 0.717) is 12.0 Å². The van der Waals surface area contributed by atoms with Crippen LogP contribution in [0.15, 0.2) is 12.2 Å². The van der Waals surface area contributed by atoms with Crippen LogP contribution in [0.4, 0.5) is 0 Å². The van der Waals surface area contributed by atoms with Gasteiger partial charge in [-0.25, -0.2) is 8.42 Å². The van der Waals surface area contributed by atoms with Gasteiger partial charge in [0.15, 0.2) is 0 Å². The third-order valence-corrected chi connectivity index (χ3v) is 4.08. The van der Waals surface area contributed by atoms with Crippen molar-refractivity contribution in [3.8, 4) is 0 Å². The molecule has 0 aromatic heterocycles. The minimum absolute atomic E-state index is 0.0905. The van der Waals surface area contributed by atoms with Gasteiger partial charge in [-0.3, -0.25) is 0 Å². The average Bonchev–Trinajstić information content (AvgIpc) is 2.48. The first kappa shape index (κ1) is 14.0. The molecule has 0 aliphatic carbocycles. The Morgan fingerprint density at radius 3 is 2.62 bits per heavy atom. The molecule has 1 fully saturated rings. The first-order valence-electron chi connectivity index (χ1n) is 5.61. The molecule has 0 N–H and O–H groups in total. The van der Waals surface area contributed by atoms with Gasteiger partial charge in [0.1, 0.15) is 0 Å². The van der Waals surface area contributed by atoms with Crippen molar-refractivity contribution in [3.63, 3.8) is 0 Å². The van der Waals surface area contributed by atoms with Gasteiger partial charge in [0.05, 0.1) is 5.75 Å². The third-order valence-electron chi connectivity index (χ3n) is 3.00. The van der Waals surface area contributed by atoms with Crippen molar-refractivity contribution in [2.45, 2.75) is 32.7 Å². The molecule has 0 bridgehead atoms. The molecule has 1 atom stereocenters. The minimum atomic E-state index is -3.44. The predicted octanol–water partition coefficient (Wildman–Crippen LogP) is 2.23. The monoisotopic (exact) mass is 265 g/mol. The van der Waals surface area contributed by atoms with Crippen molar-refractivity contribution in [2.24, 2.45) is 5.92 Å². The maximum Gasteiger partial charge on any atom is 0.236 e. The summed E-state index contributed by atoms with van der Waals surface area (Å²) in [7, 11) is 1.76. The lowest BCUT2D eigenvalue weighted by molar-refractivity contribution is 0.265. The Bertz CT molecular complexity index is 351. The number of rotatable bonds is 5. The second-order valence-corrected chi connectivity index (χ2v) is 7.66. The van der Waals surface area contributed by atoms with Crippen molar-refractivity contribution in [2.75, 3.05) is 18.8 Å². The second-order valence-electron chi connectivity index (χ2n) is 4.88. The van der Waals surface area contributed by atoms with E-state index in [4.69, 9.17) is 10.7 Å². The predicted molar refractivity (Wildman–Crippen MR) is 68.2 cm³/mol. The van der Waals surface area contributed by atoms with Crippen LogP contribution in [-0.2, 0) is 9.05 Å². The molecule has 0 radical (unpaired) electrons. The molecule has 0 saturated carbocycles. The lowest BCUT2D eigenvalue weighted by Crippen LogP contribution is -2.28. The Hall–Kier alpha value is -0.0600. The maximum absolute atomic E-state index is 10.9. The van der Waals surface area contributed by atoms with Crippen LogP contribution < -0.4 is 0 Å². The molecule has 1 aliphatic heterocycles. The SMILES string of the molecule is C=C(CC1CCN(C(C)C)C1)CS(=O)(=O)Cl. The molecule has 5 heteroatoms. The summed E-state index contributed by atoms with van der Waals surface area (Å²) < 4.78 is 21.8. The van der Waals surface area contributed by atoms with E-state index < -0.39 is 9.05 Å². The lowest BCUT2D eigenvalue weighted by Gasteiger charge is -2.20. The standard InChI is InChI=1S/C11H20ClNO2S/c1-9(2)13-5-4-11(7-13)6-10(3)8-16(12,14)15/h9,11H,3-8H2,1-2H3. The van der Waals surface area contributed by atoms with Crippen LogP contribution >= 0.6 is 10.7 Å². The average molecular weight is 266 g/mol. The fourth-order valence-electron chi connectivity index (χ4n) is 2.21. The zero-order valence-corrected chi connectivity index (χ0v) is 11.5. The number of halogens is 1. The summed E-state index contributed by atoms with van der Waals surface area (Å²) in [6, 6.07) is 0.565. The van der Waals surface area contributed by atoms with Crippen LogP contribution in [-0.4, -0.2) is 38.2 Å². The topological polar surface area (TPSA) is 37.4 Å². The van der Waals surface area contributed by atoms with E-state index in [1.54, 1.807) is 0 Å². The molecule has 0 amide bonds.